The maximum Gasteiger partial charge on any atom is 0.129 e. The summed E-state index contributed by atoms with van der Waals surface area (Å²) in [6.07, 6.45) is 0. The van der Waals surface area contributed by atoms with Crippen LogP contribution in [0, 0.1) is 5.82 Å². The Labute approximate surface area is 124 Å². The molecule has 0 amide bonds. The summed E-state index contributed by atoms with van der Waals surface area (Å²) in [5.74, 6) is 0.211. The van der Waals surface area contributed by atoms with Crippen molar-refractivity contribution in [2.24, 2.45) is 5.73 Å². The third kappa shape index (κ3) is 3.08. The highest BCUT2D eigenvalue weighted by Gasteiger charge is 2.18. The van der Waals surface area contributed by atoms with Crippen molar-refractivity contribution in [3.05, 3.63) is 62.8 Å². The molecule has 1 unspecified atom stereocenters. The lowest BCUT2D eigenvalue weighted by molar-refractivity contribution is 0.407. The molecule has 2 aromatic rings. The van der Waals surface area contributed by atoms with E-state index < -0.39 is 6.04 Å². The van der Waals surface area contributed by atoms with E-state index in [1.54, 1.807) is 30.3 Å². The summed E-state index contributed by atoms with van der Waals surface area (Å²) in [6.45, 7) is 0. The number of methoxy groups -OCH3 is 1. The van der Waals surface area contributed by atoms with Crippen molar-refractivity contribution >= 4 is 27.5 Å². The van der Waals surface area contributed by atoms with Crippen molar-refractivity contribution in [1.29, 1.82) is 0 Å². The van der Waals surface area contributed by atoms with Crippen LogP contribution >= 0.6 is 27.5 Å². The Bertz CT molecular complexity index is 606. The highest BCUT2D eigenvalue weighted by atomic mass is 79.9. The molecule has 2 N–H and O–H groups in total. The normalized spacial score (nSPS) is 12.3. The molecule has 0 saturated heterocycles. The first kappa shape index (κ1) is 14.3. The predicted molar refractivity (Wildman–Crippen MR) is 78.1 cm³/mol. The highest BCUT2D eigenvalue weighted by molar-refractivity contribution is 9.10. The van der Waals surface area contributed by atoms with E-state index in [4.69, 9.17) is 22.1 Å². The van der Waals surface area contributed by atoms with Gasteiger partial charge >= 0.3 is 0 Å². The van der Waals surface area contributed by atoms with Crippen LogP contribution in [0.3, 0.4) is 0 Å². The number of rotatable bonds is 3. The molecule has 0 aromatic heterocycles. The second-order valence-electron chi connectivity index (χ2n) is 4.03. The third-order valence-electron chi connectivity index (χ3n) is 2.82. The molecular formula is C14H12BrClFNO. The first-order valence-electron chi connectivity index (χ1n) is 5.57. The van der Waals surface area contributed by atoms with E-state index in [-0.39, 0.29) is 5.82 Å². The first-order chi connectivity index (χ1) is 9.02. The van der Waals surface area contributed by atoms with Crippen LogP contribution in [0.5, 0.6) is 5.75 Å². The monoisotopic (exact) mass is 343 g/mol. The molecule has 0 bridgehead atoms. The fourth-order valence-corrected chi connectivity index (χ4v) is 2.38. The Morgan fingerprint density at radius 3 is 2.58 bits per heavy atom. The molecule has 0 aliphatic carbocycles. The molecule has 2 aromatic carbocycles. The van der Waals surface area contributed by atoms with Crippen molar-refractivity contribution in [3.63, 3.8) is 0 Å². The van der Waals surface area contributed by atoms with Gasteiger partial charge in [0.15, 0.2) is 0 Å². The van der Waals surface area contributed by atoms with E-state index >= 15 is 0 Å². The molecule has 2 rings (SSSR count). The van der Waals surface area contributed by atoms with Gasteiger partial charge in [-0.2, -0.15) is 0 Å². The van der Waals surface area contributed by atoms with Crippen LogP contribution in [-0.4, -0.2) is 7.11 Å². The lowest BCUT2D eigenvalue weighted by atomic mass is 9.98. The van der Waals surface area contributed by atoms with Crippen molar-refractivity contribution in [2.75, 3.05) is 7.11 Å². The molecule has 19 heavy (non-hydrogen) atoms. The lowest BCUT2D eigenvalue weighted by Gasteiger charge is -2.17. The number of benzene rings is 2. The zero-order valence-electron chi connectivity index (χ0n) is 10.2. The van der Waals surface area contributed by atoms with Crippen LogP contribution in [0.15, 0.2) is 40.9 Å². The zero-order chi connectivity index (χ0) is 14.0. The lowest BCUT2D eigenvalue weighted by Crippen LogP contribution is -2.14. The van der Waals surface area contributed by atoms with Gasteiger partial charge in [-0.3, -0.25) is 0 Å². The summed E-state index contributed by atoms with van der Waals surface area (Å²) in [4.78, 5) is 0. The van der Waals surface area contributed by atoms with Gasteiger partial charge in [0.05, 0.1) is 13.2 Å². The average Bonchev–Trinajstić information content (AvgIpc) is 2.38. The molecule has 0 aliphatic heterocycles. The van der Waals surface area contributed by atoms with E-state index in [0.29, 0.717) is 26.4 Å². The molecule has 100 valence electrons. The number of ether oxygens (including phenoxy) is 1. The minimum Gasteiger partial charge on any atom is -0.496 e. The minimum atomic E-state index is -0.637. The molecule has 0 spiro atoms. The minimum absolute atomic E-state index is 0.371. The second kappa shape index (κ2) is 5.90. The fraction of sp³-hybridized carbons (Fsp3) is 0.143. The average molecular weight is 345 g/mol. The molecular weight excluding hydrogens is 333 g/mol. The second-order valence-corrected chi connectivity index (χ2v) is 5.38. The molecule has 2 nitrogen and oxygen atoms in total. The zero-order valence-corrected chi connectivity index (χ0v) is 12.5. The molecule has 0 aliphatic rings. The van der Waals surface area contributed by atoms with Crippen molar-refractivity contribution < 1.29 is 9.13 Å². The van der Waals surface area contributed by atoms with Crippen molar-refractivity contribution in [2.45, 2.75) is 6.04 Å². The largest absolute Gasteiger partial charge is 0.496 e. The maximum absolute atomic E-state index is 13.9. The van der Waals surface area contributed by atoms with Gasteiger partial charge in [-0.05, 0) is 30.3 Å². The summed E-state index contributed by atoms with van der Waals surface area (Å²) in [6, 6.07) is 9.24. The van der Waals surface area contributed by atoms with Crippen LogP contribution in [0.4, 0.5) is 4.39 Å². The molecule has 0 radical (unpaired) electrons. The Morgan fingerprint density at radius 2 is 1.95 bits per heavy atom. The molecule has 0 heterocycles. The van der Waals surface area contributed by atoms with Gasteiger partial charge in [-0.1, -0.05) is 33.6 Å². The maximum atomic E-state index is 13.9. The number of nitrogens with two attached hydrogens (primary N) is 1. The Kier molecular flexibility index (Phi) is 4.45. The van der Waals surface area contributed by atoms with E-state index in [0.717, 1.165) is 0 Å². The standard InChI is InChI=1S/C14H12BrClFNO/c1-19-13-5-3-9(16)7-11(13)14(18)10-4-2-8(15)6-12(10)17/h2-7,14H,18H2,1H3. The third-order valence-corrected chi connectivity index (χ3v) is 3.55. The van der Waals surface area contributed by atoms with Gasteiger partial charge in [0.1, 0.15) is 11.6 Å². The number of hydrogen-bond acceptors (Lipinski definition) is 2. The van der Waals surface area contributed by atoms with Crippen LogP contribution in [0.2, 0.25) is 5.02 Å². The van der Waals surface area contributed by atoms with Crippen LogP contribution < -0.4 is 10.5 Å². The van der Waals surface area contributed by atoms with Gasteiger partial charge < -0.3 is 10.5 Å². The smallest absolute Gasteiger partial charge is 0.129 e. The summed E-state index contributed by atoms with van der Waals surface area (Å²) in [5.41, 5.74) is 7.16. The van der Waals surface area contributed by atoms with Crippen LogP contribution in [0.25, 0.3) is 0 Å². The SMILES string of the molecule is COc1ccc(Cl)cc1C(N)c1ccc(Br)cc1F. The molecule has 5 heteroatoms. The van der Waals surface area contributed by atoms with Gasteiger partial charge in [-0.25, -0.2) is 4.39 Å². The fourth-order valence-electron chi connectivity index (χ4n) is 1.87. The molecule has 0 saturated carbocycles. The molecule has 0 fully saturated rings. The van der Waals surface area contributed by atoms with Crippen molar-refractivity contribution in [3.8, 4) is 5.75 Å². The summed E-state index contributed by atoms with van der Waals surface area (Å²) in [5, 5.41) is 0.531. The van der Waals surface area contributed by atoms with Crippen molar-refractivity contribution in [1.82, 2.24) is 0 Å². The van der Waals surface area contributed by atoms with E-state index in [1.807, 2.05) is 0 Å². The summed E-state index contributed by atoms with van der Waals surface area (Å²) < 4.78 is 19.8. The quantitative estimate of drug-likeness (QED) is 0.901. The molecule has 1 atom stereocenters. The van der Waals surface area contributed by atoms with E-state index in [1.165, 1.54) is 13.2 Å². The number of hydrogen-bond donors (Lipinski definition) is 1. The van der Waals surface area contributed by atoms with Gasteiger partial charge in [0.2, 0.25) is 0 Å². The summed E-state index contributed by atoms with van der Waals surface area (Å²) >= 11 is 9.17. The first-order valence-corrected chi connectivity index (χ1v) is 6.74. The topological polar surface area (TPSA) is 35.2 Å². The number of halogens is 3. The van der Waals surface area contributed by atoms with E-state index in [9.17, 15) is 4.39 Å². The Morgan fingerprint density at radius 1 is 1.21 bits per heavy atom. The van der Waals surface area contributed by atoms with Gasteiger partial charge in [0.25, 0.3) is 0 Å². The van der Waals surface area contributed by atoms with Gasteiger partial charge in [-0.15, -0.1) is 0 Å². The van der Waals surface area contributed by atoms with Gasteiger partial charge in [0, 0.05) is 20.6 Å². The van der Waals surface area contributed by atoms with Crippen LogP contribution in [-0.2, 0) is 0 Å². The predicted octanol–water partition coefficient (Wildman–Crippen LogP) is 4.30. The Balaban J connectivity index is 2.49. The Hall–Kier alpha value is -1.10. The van der Waals surface area contributed by atoms with E-state index in [2.05, 4.69) is 15.9 Å². The highest BCUT2D eigenvalue weighted by Crippen LogP contribution is 2.32. The summed E-state index contributed by atoms with van der Waals surface area (Å²) in [7, 11) is 1.54. The van der Waals surface area contributed by atoms with Crippen LogP contribution in [0.1, 0.15) is 17.2 Å².